The van der Waals surface area contributed by atoms with Crippen molar-refractivity contribution in [2.75, 3.05) is 18.0 Å². The van der Waals surface area contributed by atoms with Gasteiger partial charge in [-0.15, -0.1) is 0 Å². The second kappa shape index (κ2) is 7.82. The zero-order valence-electron chi connectivity index (χ0n) is 19.1. The SMILES string of the molecule is Cn1cc2c3c(c[nH]c3c1=O)CN(c1ncc(F)cc1F)c1cc3c(cc1-2)C(=O)N(CCCN)C3=O. The summed E-state index contributed by atoms with van der Waals surface area (Å²) in [5.74, 6) is -2.77. The van der Waals surface area contributed by atoms with Crippen LogP contribution in [0.25, 0.3) is 22.0 Å². The Labute approximate surface area is 202 Å². The second-order valence-corrected chi connectivity index (χ2v) is 8.89. The summed E-state index contributed by atoms with van der Waals surface area (Å²) in [6.07, 6.45) is 4.68. The number of pyridine rings is 2. The van der Waals surface area contributed by atoms with Crippen molar-refractivity contribution in [2.24, 2.45) is 12.8 Å². The molecule has 4 aromatic rings. The van der Waals surface area contributed by atoms with Gasteiger partial charge in [-0.2, -0.15) is 0 Å². The number of halogens is 2. The summed E-state index contributed by atoms with van der Waals surface area (Å²) in [7, 11) is 1.61. The van der Waals surface area contributed by atoms with Gasteiger partial charge in [0.2, 0.25) is 0 Å². The average molecular weight is 490 g/mol. The van der Waals surface area contributed by atoms with Crippen LogP contribution in [0.3, 0.4) is 0 Å². The number of hydrogen-bond donors (Lipinski definition) is 2. The highest BCUT2D eigenvalue weighted by Gasteiger charge is 2.38. The summed E-state index contributed by atoms with van der Waals surface area (Å²) in [6, 6.07) is 3.88. The number of aromatic amines is 1. The summed E-state index contributed by atoms with van der Waals surface area (Å²) >= 11 is 0. The quantitative estimate of drug-likeness (QED) is 0.425. The normalized spacial score (nSPS) is 14.4. The van der Waals surface area contributed by atoms with Gasteiger partial charge in [-0.05, 0) is 30.7 Å². The Morgan fingerprint density at radius 2 is 1.81 bits per heavy atom. The van der Waals surface area contributed by atoms with E-state index in [2.05, 4.69) is 9.97 Å². The zero-order chi connectivity index (χ0) is 25.3. The molecule has 2 aliphatic rings. The number of hydrogen-bond acceptors (Lipinski definition) is 6. The highest BCUT2D eigenvalue weighted by molar-refractivity contribution is 6.23. The lowest BCUT2D eigenvalue weighted by molar-refractivity contribution is 0.0653. The number of nitrogens with zero attached hydrogens (tertiary/aromatic N) is 4. The summed E-state index contributed by atoms with van der Waals surface area (Å²) in [4.78, 5) is 48.8. The smallest absolute Gasteiger partial charge is 0.274 e. The molecule has 2 aliphatic heterocycles. The lowest BCUT2D eigenvalue weighted by Crippen LogP contribution is -2.31. The Bertz CT molecular complexity index is 1670. The fraction of sp³-hybridized carbons (Fsp3) is 0.200. The largest absolute Gasteiger partial charge is 0.356 e. The van der Waals surface area contributed by atoms with Gasteiger partial charge in [-0.3, -0.25) is 19.3 Å². The summed E-state index contributed by atoms with van der Waals surface area (Å²) in [6.45, 7) is 0.581. The first kappa shape index (κ1) is 22.1. The van der Waals surface area contributed by atoms with E-state index in [9.17, 15) is 18.8 Å². The molecule has 9 nitrogen and oxygen atoms in total. The second-order valence-electron chi connectivity index (χ2n) is 8.89. The Kier molecular flexibility index (Phi) is 4.80. The van der Waals surface area contributed by atoms with E-state index in [0.29, 0.717) is 46.2 Å². The van der Waals surface area contributed by atoms with Crippen LogP contribution < -0.4 is 16.2 Å². The number of aromatic nitrogens is 3. The number of carbonyl (C=O) groups excluding carboxylic acids is 2. The maximum atomic E-state index is 15.0. The van der Waals surface area contributed by atoms with Crippen LogP contribution in [0.5, 0.6) is 0 Å². The van der Waals surface area contributed by atoms with Gasteiger partial charge in [0.05, 0.1) is 29.6 Å². The lowest BCUT2D eigenvalue weighted by atomic mass is 9.96. The van der Waals surface area contributed by atoms with E-state index in [1.807, 2.05) is 0 Å². The molecule has 3 N–H and O–H groups in total. The minimum atomic E-state index is -0.888. The zero-order valence-corrected chi connectivity index (χ0v) is 19.1. The molecule has 0 saturated carbocycles. The number of fused-ring (bicyclic) bond motifs is 3. The van der Waals surface area contributed by atoms with Crippen molar-refractivity contribution in [1.29, 1.82) is 0 Å². The molecule has 1 aromatic carbocycles. The molecule has 0 aliphatic carbocycles. The minimum absolute atomic E-state index is 0.0839. The minimum Gasteiger partial charge on any atom is -0.356 e. The third kappa shape index (κ3) is 3.02. The first-order valence-corrected chi connectivity index (χ1v) is 11.3. The molecule has 0 atom stereocenters. The van der Waals surface area contributed by atoms with Crippen LogP contribution in [0.2, 0.25) is 0 Å². The van der Waals surface area contributed by atoms with Crippen molar-refractivity contribution in [3.63, 3.8) is 0 Å². The molecule has 36 heavy (non-hydrogen) atoms. The van der Waals surface area contributed by atoms with Crippen LogP contribution in [0.1, 0.15) is 32.7 Å². The molecule has 0 fully saturated rings. The van der Waals surface area contributed by atoms with Gasteiger partial charge in [0.1, 0.15) is 11.3 Å². The van der Waals surface area contributed by atoms with E-state index in [4.69, 9.17) is 5.73 Å². The first-order valence-electron chi connectivity index (χ1n) is 11.3. The standard InChI is InChI=1S/C25H20F2N6O3/c1-31-11-17-14-6-15-16(24(35)32(23(15)34)4-2-3-28)7-19(14)33(22-18(27)5-13(26)9-30-22)10-12-8-29-21(20(12)17)25(31)36/h5-9,11,29H,2-4,10,28H2,1H3. The number of aryl methyl sites for hydroxylation is 1. The van der Waals surface area contributed by atoms with Gasteiger partial charge in [-0.1, -0.05) is 0 Å². The van der Waals surface area contributed by atoms with Crippen molar-refractivity contribution in [3.05, 3.63) is 75.5 Å². The highest BCUT2D eigenvalue weighted by atomic mass is 19.1. The monoisotopic (exact) mass is 490 g/mol. The third-order valence-electron chi connectivity index (χ3n) is 6.71. The molecular weight excluding hydrogens is 470 g/mol. The number of benzene rings is 1. The molecule has 0 bridgehead atoms. The van der Waals surface area contributed by atoms with Crippen LogP contribution in [-0.2, 0) is 13.6 Å². The molecule has 5 heterocycles. The van der Waals surface area contributed by atoms with E-state index < -0.39 is 23.4 Å². The van der Waals surface area contributed by atoms with Crippen LogP contribution in [0.4, 0.5) is 20.3 Å². The summed E-state index contributed by atoms with van der Waals surface area (Å²) in [5.41, 5.74) is 8.31. The van der Waals surface area contributed by atoms with Crippen LogP contribution in [0.15, 0.2) is 41.6 Å². The Hall–Kier alpha value is -4.38. The first-order chi connectivity index (χ1) is 17.3. The molecule has 0 spiro atoms. The van der Waals surface area contributed by atoms with Crippen LogP contribution >= 0.6 is 0 Å². The van der Waals surface area contributed by atoms with Gasteiger partial charge in [0, 0.05) is 48.6 Å². The van der Waals surface area contributed by atoms with E-state index in [0.717, 1.165) is 17.2 Å². The molecule has 0 saturated heterocycles. The number of carbonyl (C=O) groups is 2. The van der Waals surface area contributed by atoms with Gasteiger partial charge in [0.15, 0.2) is 11.6 Å². The topological polar surface area (TPSA) is 117 Å². The molecule has 182 valence electrons. The molecule has 0 radical (unpaired) electrons. The van der Waals surface area contributed by atoms with Gasteiger partial charge < -0.3 is 20.2 Å². The number of anilines is 2. The van der Waals surface area contributed by atoms with Crippen molar-refractivity contribution in [1.82, 2.24) is 19.4 Å². The van der Waals surface area contributed by atoms with Crippen molar-refractivity contribution in [2.45, 2.75) is 13.0 Å². The maximum absolute atomic E-state index is 15.0. The number of rotatable bonds is 4. The van der Waals surface area contributed by atoms with Crippen LogP contribution in [0, 0.1) is 11.6 Å². The molecule has 0 unspecified atom stereocenters. The van der Waals surface area contributed by atoms with Crippen LogP contribution in [-0.4, -0.2) is 44.3 Å². The van der Waals surface area contributed by atoms with Gasteiger partial charge >= 0.3 is 0 Å². The fourth-order valence-electron chi connectivity index (χ4n) is 5.03. The predicted molar refractivity (Wildman–Crippen MR) is 128 cm³/mol. The lowest BCUT2D eigenvalue weighted by Gasteiger charge is -2.25. The average Bonchev–Trinajstić information content (AvgIpc) is 3.33. The number of nitrogens with one attached hydrogen (secondary N) is 1. The molecule has 3 aromatic heterocycles. The molecule has 2 amide bonds. The van der Waals surface area contributed by atoms with E-state index in [1.54, 1.807) is 31.6 Å². The predicted octanol–water partition coefficient (Wildman–Crippen LogP) is 2.80. The number of nitrogens with two attached hydrogens (primary N) is 1. The van der Waals surface area contributed by atoms with E-state index in [1.165, 1.54) is 9.47 Å². The number of imide groups is 1. The summed E-state index contributed by atoms with van der Waals surface area (Å²) in [5, 5.41) is 0.626. The molecule has 11 heteroatoms. The Morgan fingerprint density at radius 1 is 1.06 bits per heavy atom. The Balaban J connectivity index is 1.66. The van der Waals surface area contributed by atoms with E-state index >= 15 is 4.39 Å². The fourth-order valence-corrected chi connectivity index (χ4v) is 5.03. The third-order valence-corrected chi connectivity index (χ3v) is 6.71. The van der Waals surface area contributed by atoms with E-state index in [-0.39, 0.29) is 35.6 Å². The van der Waals surface area contributed by atoms with Gasteiger partial charge in [-0.25, -0.2) is 13.8 Å². The Morgan fingerprint density at radius 3 is 2.53 bits per heavy atom. The van der Waals surface area contributed by atoms with Crippen molar-refractivity contribution >= 4 is 34.2 Å². The van der Waals surface area contributed by atoms with Gasteiger partial charge in [0.25, 0.3) is 17.4 Å². The summed E-state index contributed by atoms with van der Waals surface area (Å²) < 4.78 is 30.1. The van der Waals surface area contributed by atoms with Crippen molar-refractivity contribution < 1.29 is 18.4 Å². The number of amides is 2. The number of H-pyrrole nitrogens is 1. The van der Waals surface area contributed by atoms with Crippen molar-refractivity contribution in [3.8, 4) is 11.1 Å². The molecular formula is C25H20F2N6O3. The maximum Gasteiger partial charge on any atom is 0.274 e. The molecule has 6 rings (SSSR count). The highest BCUT2D eigenvalue weighted by Crippen LogP contribution is 2.45.